The number of carbonyl (C=O) groups excluding carboxylic acids is 1. The molecule has 4 heterocycles. The summed E-state index contributed by atoms with van der Waals surface area (Å²) in [5, 5.41) is 27.7. The quantitative estimate of drug-likeness (QED) is 0.247. The number of benzene rings is 1. The number of aromatic amines is 1. The first-order valence-electron chi connectivity index (χ1n) is 14.6. The SMILES string of the molecule is COc1cc(-c2[nH]c3ccc(C4CCC(NC(=O)CN5CC(CO)(CO)C5)CC4)cc3c2C(C)C)cn2ncnc12. The third kappa shape index (κ3) is 5.20. The van der Waals surface area contributed by atoms with Gasteiger partial charge >= 0.3 is 0 Å². The van der Waals surface area contributed by atoms with Gasteiger partial charge in [-0.1, -0.05) is 19.9 Å². The molecule has 0 unspecified atom stereocenters. The topological polar surface area (TPSA) is 128 Å². The highest BCUT2D eigenvalue weighted by molar-refractivity contribution is 5.92. The van der Waals surface area contributed by atoms with Crippen molar-refractivity contribution in [1.29, 1.82) is 0 Å². The first-order chi connectivity index (χ1) is 19.8. The van der Waals surface area contributed by atoms with Gasteiger partial charge in [0.2, 0.25) is 5.91 Å². The maximum atomic E-state index is 12.6. The summed E-state index contributed by atoms with van der Waals surface area (Å²) < 4.78 is 7.37. The molecule has 0 bridgehead atoms. The Kier molecular flexibility index (Phi) is 7.48. The van der Waals surface area contributed by atoms with E-state index in [1.54, 1.807) is 11.6 Å². The molecule has 2 fully saturated rings. The van der Waals surface area contributed by atoms with E-state index in [9.17, 15) is 15.0 Å². The number of amides is 1. The van der Waals surface area contributed by atoms with E-state index in [1.807, 2.05) is 17.2 Å². The summed E-state index contributed by atoms with van der Waals surface area (Å²) in [7, 11) is 1.65. The van der Waals surface area contributed by atoms with Crippen molar-refractivity contribution in [2.45, 2.75) is 57.4 Å². The molecule has 0 atom stereocenters. The number of carbonyl (C=O) groups is 1. The Morgan fingerprint density at radius 2 is 1.93 bits per heavy atom. The molecule has 4 N–H and O–H groups in total. The van der Waals surface area contributed by atoms with Crippen molar-refractivity contribution in [2.24, 2.45) is 5.41 Å². The lowest BCUT2D eigenvalue weighted by Crippen LogP contribution is -2.62. The summed E-state index contributed by atoms with van der Waals surface area (Å²) in [6.07, 6.45) is 7.52. The van der Waals surface area contributed by atoms with Crippen molar-refractivity contribution in [3.63, 3.8) is 0 Å². The van der Waals surface area contributed by atoms with Crippen molar-refractivity contribution in [3.05, 3.63) is 47.9 Å². The Balaban J connectivity index is 1.15. The Morgan fingerprint density at radius 1 is 1.17 bits per heavy atom. The van der Waals surface area contributed by atoms with Gasteiger partial charge in [0.15, 0.2) is 11.4 Å². The summed E-state index contributed by atoms with van der Waals surface area (Å²) in [6.45, 7) is 5.80. The van der Waals surface area contributed by atoms with Crippen molar-refractivity contribution >= 4 is 22.5 Å². The zero-order valence-corrected chi connectivity index (χ0v) is 24.1. The predicted molar refractivity (Wildman–Crippen MR) is 157 cm³/mol. The molecule has 0 radical (unpaired) electrons. The van der Waals surface area contributed by atoms with E-state index < -0.39 is 5.41 Å². The number of aliphatic hydroxyl groups is 2. The lowest BCUT2D eigenvalue weighted by molar-refractivity contribution is -0.130. The fraction of sp³-hybridized carbons (Fsp3) is 0.516. The predicted octanol–water partition coefficient (Wildman–Crippen LogP) is 3.44. The molecule has 10 heteroatoms. The highest BCUT2D eigenvalue weighted by Gasteiger charge is 2.42. The maximum absolute atomic E-state index is 12.6. The van der Waals surface area contributed by atoms with Crippen LogP contribution in [-0.4, -0.2) is 86.6 Å². The molecule has 41 heavy (non-hydrogen) atoms. The summed E-state index contributed by atoms with van der Waals surface area (Å²) >= 11 is 0. The molecule has 4 aromatic rings. The van der Waals surface area contributed by atoms with Crippen LogP contribution < -0.4 is 10.1 Å². The van der Waals surface area contributed by atoms with Crippen LogP contribution in [0.25, 0.3) is 27.8 Å². The molecule has 218 valence electrons. The second kappa shape index (κ2) is 11.1. The van der Waals surface area contributed by atoms with E-state index in [2.05, 4.69) is 52.4 Å². The van der Waals surface area contributed by atoms with Gasteiger partial charge in [-0.2, -0.15) is 5.10 Å². The number of hydrogen-bond acceptors (Lipinski definition) is 7. The minimum absolute atomic E-state index is 0.0292. The number of likely N-dealkylation sites (tertiary alicyclic amines) is 1. The molecule has 1 aliphatic heterocycles. The van der Waals surface area contributed by atoms with E-state index in [1.165, 1.54) is 22.8 Å². The van der Waals surface area contributed by atoms with Gasteiger partial charge in [-0.05, 0) is 66.8 Å². The third-order valence-corrected chi connectivity index (χ3v) is 9.01. The smallest absolute Gasteiger partial charge is 0.234 e. The number of hydrogen-bond donors (Lipinski definition) is 4. The largest absolute Gasteiger partial charge is 0.493 e. The number of fused-ring (bicyclic) bond motifs is 2. The first-order valence-corrected chi connectivity index (χ1v) is 14.6. The number of H-pyrrole nitrogens is 1. The van der Waals surface area contributed by atoms with Crippen LogP contribution >= 0.6 is 0 Å². The normalized spacial score (nSPS) is 20.9. The van der Waals surface area contributed by atoms with E-state index in [4.69, 9.17) is 4.74 Å². The van der Waals surface area contributed by atoms with Crippen molar-refractivity contribution in [3.8, 4) is 17.0 Å². The lowest BCUT2D eigenvalue weighted by Gasteiger charge is -2.48. The third-order valence-electron chi connectivity index (χ3n) is 9.01. The molecule has 3 aromatic heterocycles. The second-order valence-electron chi connectivity index (χ2n) is 12.3. The Hall–Kier alpha value is -3.47. The molecule has 1 aromatic carbocycles. The van der Waals surface area contributed by atoms with Crippen molar-refractivity contribution in [1.82, 2.24) is 29.8 Å². The fourth-order valence-electron chi connectivity index (χ4n) is 6.81. The Morgan fingerprint density at radius 3 is 2.61 bits per heavy atom. The lowest BCUT2D eigenvalue weighted by atomic mass is 9.81. The van der Waals surface area contributed by atoms with Gasteiger partial charge in [-0.25, -0.2) is 9.50 Å². The van der Waals surface area contributed by atoms with Crippen LogP contribution in [0.4, 0.5) is 0 Å². The summed E-state index contributed by atoms with van der Waals surface area (Å²) in [6, 6.07) is 9.02. The number of methoxy groups -OCH3 is 1. The minimum Gasteiger partial charge on any atom is -0.493 e. The van der Waals surface area contributed by atoms with Gasteiger partial charge in [0.1, 0.15) is 6.33 Å². The number of rotatable bonds is 9. The van der Waals surface area contributed by atoms with Crippen LogP contribution in [0.5, 0.6) is 5.75 Å². The highest BCUT2D eigenvalue weighted by atomic mass is 16.5. The number of nitrogens with zero attached hydrogens (tertiary/aromatic N) is 4. The van der Waals surface area contributed by atoms with Crippen LogP contribution in [0, 0.1) is 5.41 Å². The highest BCUT2D eigenvalue weighted by Crippen LogP contribution is 2.40. The molecular weight excluding hydrogens is 520 g/mol. The van der Waals surface area contributed by atoms with E-state index >= 15 is 0 Å². The first kappa shape index (κ1) is 27.7. The molecule has 10 nitrogen and oxygen atoms in total. The van der Waals surface area contributed by atoms with Crippen molar-refractivity contribution in [2.75, 3.05) is 40.0 Å². The summed E-state index contributed by atoms with van der Waals surface area (Å²) in [4.78, 5) is 22.6. The number of nitrogens with one attached hydrogen (secondary N) is 2. The van der Waals surface area contributed by atoms with Gasteiger partial charge in [0, 0.05) is 47.2 Å². The fourth-order valence-corrected chi connectivity index (χ4v) is 6.81. The average molecular weight is 561 g/mol. The number of aliphatic hydroxyl groups excluding tert-OH is 2. The van der Waals surface area contributed by atoms with Crippen LogP contribution in [-0.2, 0) is 4.79 Å². The summed E-state index contributed by atoms with van der Waals surface area (Å²) in [5.41, 5.74) is 6.07. The summed E-state index contributed by atoms with van der Waals surface area (Å²) in [5.74, 6) is 1.49. The number of pyridine rings is 1. The molecule has 1 saturated carbocycles. The molecule has 1 saturated heterocycles. The van der Waals surface area contributed by atoms with Crippen LogP contribution in [0.2, 0.25) is 0 Å². The van der Waals surface area contributed by atoms with Gasteiger partial charge in [0.05, 0.1) is 32.6 Å². The van der Waals surface area contributed by atoms with E-state index in [0.29, 0.717) is 42.9 Å². The Labute approximate surface area is 239 Å². The zero-order valence-electron chi connectivity index (χ0n) is 24.1. The van der Waals surface area contributed by atoms with E-state index in [0.717, 1.165) is 42.5 Å². The molecular formula is C31H40N6O4. The van der Waals surface area contributed by atoms with Gasteiger partial charge < -0.3 is 25.3 Å². The number of ether oxygens (including phenoxy) is 1. The van der Waals surface area contributed by atoms with Crippen LogP contribution in [0.15, 0.2) is 36.8 Å². The van der Waals surface area contributed by atoms with E-state index in [-0.39, 0.29) is 25.2 Å². The minimum atomic E-state index is -0.452. The maximum Gasteiger partial charge on any atom is 0.234 e. The zero-order chi connectivity index (χ0) is 28.7. The molecule has 6 rings (SSSR count). The van der Waals surface area contributed by atoms with Crippen LogP contribution in [0.1, 0.15) is 62.5 Å². The van der Waals surface area contributed by atoms with Gasteiger partial charge in [-0.15, -0.1) is 0 Å². The average Bonchev–Trinajstić information content (AvgIpc) is 3.59. The van der Waals surface area contributed by atoms with Crippen LogP contribution in [0.3, 0.4) is 0 Å². The van der Waals surface area contributed by atoms with Gasteiger partial charge in [-0.3, -0.25) is 9.69 Å². The molecule has 2 aliphatic rings. The molecule has 0 spiro atoms. The number of aromatic nitrogens is 4. The van der Waals surface area contributed by atoms with Crippen molar-refractivity contribution < 1.29 is 19.7 Å². The monoisotopic (exact) mass is 560 g/mol. The molecule has 1 aliphatic carbocycles. The standard InChI is InChI=1S/C31H40N6O4/c1-19(2)28-24-10-21(6-9-25(24)35-29(28)22-11-26(41-3)30-32-18-33-37(30)12-22)20-4-7-23(8-5-20)34-27(40)13-36-14-31(15-36,16-38)17-39/h6,9-12,18-20,23,35,38-39H,4-5,7-8,13-17H2,1-3H3,(H,34,40). The second-order valence-corrected chi connectivity index (χ2v) is 12.3. The Bertz CT molecular complexity index is 1540. The van der Waals surface area contributed by atoms with Gasteiger partial charge in [0.25, 0.3) is 0 Å². The molecule has 1 amide bonds.